The lowest BCUT2D eigenvalue weighted by molar-refractivity contribution is 0.0595. The van der Waals surface area contributed by atoms with Crippen LogP contribution in [0.5, 0.6) is 17.2 Å². The van der Waals surface area contributed by atoms with Gasteiger partial charge in [0.05, 0.1) is 50.8 Å². The second-order valence-corrected chi connectivity index (χ2v) is 7.63. The van der Waals surface area contributed by atoms with Crippen molar-refractivity contribution in [2.24, 2.45) is 0 Å². The van der Waals surface area contributed by atoms with E-state index in [1.165, 1.54) is 33.5 Å². The average molecular weight is 490 g/mol. The van der Waals surface area contributed by atoms with Crippen molar-refractivity contribution in [1.82, 2.24) is 4.98 Å². The molecule has 0 aliphatic rings. The Labute approximate surface area is 206 Å². The summed E-state index contributed by atoms with van der Waals surface area (Å²) in [4.78, 5) is 30.0. The smallest absolute Gasteiger partial charge is 0.340 e. The van der Waals surface area contributed by atoms with Gasteiger partial charge in [-0.2, -0.15) is 0 Å². The molecule has 184 valence electrons. The Morgan fingerprint density at radius 1 is 0.833 bits per heavy atom. The second kappa shape index (κ2) is 10.3. The standard InChI is InChI=1S/C27H23FN2O6/c1-33-23-11-15(12-24(34-2)25(23)35-3)22-14-18(17-7-5-6-8-21(17)30-22)26(31)29-16-9-10-20(28)19(13-16)27(32)36-4/h5-14H,1-4H3,(H,29,31). The maximum absolute atomic E-state index is 14.0. The Balaban J connectivity index is 1.81. The third-order valence-electron chi connectivity index (χ3n) is 5.55. The van der Waals surface area contributed by atoms with Crippen molar-refractivity contribution in [3.8, 4) is 28.5 Å². The second-order valence-electron chi connectivity index (χ2n) is 7.63. The molecule has 0 saturated carbocycles. The van der Waals surface area contributed by atoms with E-state index in [0.29, 0.717) is 45.0 Å². The number of para-hydroxylation sites is 1. The molecular formula is C27H23FN2O6. The number of nitrogens with zero attached hydrogens (tertiary/aromatic N) is 1. The molecule has 8 nitrogen and oxygen atoms in total. The summed E-state index contributed by atoms with van der Waals surface area (Å²) in [7, 11) is 5.69. The minimum atomic E-state index is -0.845. The summed E-state index contributed by atoms with van der Waals surface area (Å²) in [6.45, 7) is 0. The zero-order chi connectivity index (χ0) is 25.8. The van der Waals surface area contributed by atoms with Crippen LogP contribution in [0, 0.1) is 5.82 Å². The first-order valence-electron chi connectivity index (χ1n) is 10.8. The van der Waals surface area contributed by atoms with Crippen LogP contribution in [0.3, 0.4) is 0 Å². The van der Waals surface area contributed by atoms with Crippen molar-refractivity contribution in [3.05, 3.63) is 77.6 Å². The molecule has 0 radical (unpaired) electrons. The van der Waals surface area contributed by atoms with Gasteiger partial charge in [0.15, 0.2) is 11.5 Å². The van der Waals surface area contributed by atoms with Crippen LogP contribution >= 0.6 is 0 Å². The fourth-order valence-electron chi connectivity index (χ4n) is 3.81. The number of aromatic nitrogens is 1. The van der Waals surface area contributed by atoms with Gasteiger partial charge in [-0.1, -0.05) is 18.2 Å². The minimum absolute atomic E-state index is 0.233. The lowest BCUT2D eigenvalue weighted by Gasteiger charge is -2.15. The molecule has 1 heterocycles. The van der Waals surface area contributed by atoms with Gasteiger partial charge in [0.1, 0.15) is 5.82 Å². The summed E-state index contributed by atoms with van der Waals surface area (Å²) in [5.41, 5.74) is 1.99. The molecule has 0 aliphatic heterocycles. The molecule has 1 amide bonds. The fraction of sp³-hybridized carbons (Fsp3) is 0.148. The summed E-state index contributed by atoms with van der Waals surface area (Å²) in [6.07, 6.45) is 0. The summed E-state index contributed by atoms with van der Waals surface area (Å²) in [5, 5.41) is 3.34. The minimum Gasteiger partial charge on any atom is -0.493 e. The van der Waals surface area contributed by atoms with Crippen molar-refractivity contribution in [1.29, 1.82) is 0 Å². The van der Waals surface area contributed by atoms with Crippen molar-refractivity contribution >= 4 is 28.5 Å². The van der Waals surface area contributed by atoms with Crippen LogP contribution in [0.25, 0.3) is 22.2 Å². The number of amides is 1. The van der Waals surface area contributed by atoms with Gasteiger partial charge in [0.25, 0.3) is 5.91 Å². The molecule has 0 unspecified atom stereocenters. The number of nitrogens with one attached hydrogen (secondary N) is 1. The number of halogens is 1. The van der Waals surface area contributed by atoms with Crippen LogP contribution in [-0.2, 0) is 4.74 Å². The normalized spacial score (nSPS) is 10.6. The molecule has 0 atom stereocenters. The van der Waals surface area contributed by atoms with Crippen LogP contribution in [-0.4, -0.2) is 45.3 Å². The summed E-state index contributed by atoms with van der Waals surface area (Å²) in [5.74, 6) is -0.754. The van der Waals surface area contributed by atoms with Gasteiger partial charge < -0.3 is 24.3 Å². The molecule has 0 aliphatic carbocycles. The monoisotopic (exact) mass is 490 g/mol. The van der Waals surface area contributed by atoms with E-state index in [1.807, 2.05) is 6.07 Å². The highest BCUT2D eigenvalue weighted by atomic mass is 19.1. The number of esters is 1. The number of benzene rings is 3. The number of rotatable bonds is 7. The molecule has 0 spiro atoms. The van der Waals surface area contributed by atoms with Crippen LogP contribution in [0.15, 0.2) is 60.7 Å². The van der Waals surface area contributed by atoms with Gasteiger partial charge in [0, 0.05) is 16.6 Å². The third kappa shape index (κ3) is 4.63. The van der Waals surface area contributed by atoms with Crippen molar-refractivity contribution in [2.45, 2.75) is 0 Å². The van der Waals surface area contributed by atoms with Gasteiger partial charge in [-0.15, -0.1) is 0 Å². The number of fused-ring (bicyclic) bond motifs is 1. The number of pyridine rings is 1. The topological polar surface area (TPSA) is 96.0 Å². The maximum Gasteiger partial charge on any atom is 0.340 e. The predicted octanol–water partition coefficient (Wildman–Crippen LogP) is 5.11. The Morgan fingerprint density at radius 3 is 2.17 bits per heavy atom. The van der Waals surface area contributed by atoms with Crippen LogP contribution in [0.2, 0.25) is 0 Å². The fourth-order valence-corrected chi connectivity index (χ4v) is 3.81. The number of carbonyl (C=O) groups excluding carboxylic acids is 2. The van der Waals surface area contributed by atoms with E-state index < -0.39 is 17.7 Å². The van der Waals surface area contributed by atoms with Gasteiger partial charge >= 0.3 is 5.97 Å². The molecule has 4 aromatic rings. The maximum atomic E-state index is 14.0. The molecule has 1 N–H and O–H groups in total. The van der Waals surface area contributed by atoms with E-state index in [9.17, 15) is 14.0 Å². The highest BCUT2D eigenvalue weighted by molar-refractivity contribution is 6.13. The molecule has 0 saturated heterocycles. The van der Waals surface area contributed by atoms with Crippen LogP contribution in [0.4, 0.5) is 10.1 Å². The highest BCUT2D eigenvalue weighted by Gasteiger charge is 2.19. The number of methoxy groups -OCH3 is 4. The molecule has 36 heavy (non-hydrogen) atoms. The molecular weight excluding hydrogens is 467 g/mol. The third-order valence-corrected chi connectivity index (χ3v) is 5.55. The zero-order valence-corrected chi connectivity index (χ0v) is 20.0. The molecule has 0 fully saturated rings. The predicted molar refractivity (Wildman–Crippen MR) is 133 cm³/mol. The SMILES string of the molecule is COC(=O)c1cc(NC(=O)c2cc(-c3cc(OC)c(OC)c(OC)c3)nc3ccccc23)ccc1F. The van der Waals surface area contributed by atoms with Crippen molar-refractivity contribution in [2.75, 3.05) is 33.8 Å². The van der Waals surface area contributed by atoms with Crippen molar-refractivity contribution in [3.63, 3.8) is 0 Å². The zero-order valence-electron chi connectivity index (χ0n) is 20.0. The summed E-state index contributed by atoms with van der Waals surface area (Å²) in [6, 6.07) is 16.0. The van der Waals surface area contributed by atoms with E-state index in [4.69, 9.17) is 19.2 Å². The van der Waals surface area contributed by atoms with Gasteiger partial charge in [-0.25, -0.2) is 14.2 Å². The number of carbonyl (C=O) groups is 2. The first kappa shape index (κ1) is 24.5. The Kier molecular flexibility index (Phi) is 7.00. The quantitative estimate of drug-likeness (QED) is 0.360. The first-order chi connectivity index (χ1) is 17.4. The number of anilines is 1. The van der Waals surface area contributed by atoms with E-state index in [0.717, 1.165) is 13.2 Å². The van der Waals surface area contributed by atoms with E-state index in [2.05, 4.69) is 10.1 Å². The lowest BCUT2D eigenvalue weighted by Crippen LogP contribution is -2.14. The Hall–Kier alpha value is -4.66. The van der Waals surface area contributed by atoms with E-state index in [1.54, 1.807) is 36.4 Å². The Bertz CT molecular complexity index is 1450. The molecule has 1 aromatic heterocycles. The molecule has 9 heteroatoms. The van der Waals surface area contributed by atoms with Crippen LogP contribution in [0.1, 0.15) is 20.7 Å². The average Bonchev–Trinajstić information content (AvgIpc) is 2.91. The van der Waals surface area contributed by atoms with Crippen LogP contribution < -0.4 is 19.5 Å². The van der Waals surface area contributed by atoms with Gasteiger partial charge in [0.2, 0.25) is 5.75 Å². The number of hydrogen-bond acceptors (Lipinski definition) is 7. The largest absolute Gasteiger partial charge is 0.493 e. The summed E-state index contributed by atoms with van der Waals surface area (Å²) >= 11 is 0. The van der Waals surface area contributed by atoms with Gasteiger partial charge in [-0.3, -0.25) is 4.79 Å². The molecule has 3 aromatic carbocycles. The van der Waals surface area contributed by atoms with Crippen molar-refractivity contribution < 1.29 is 32.9 Å². The van der Waals surface area contributed by atoms with E-state index in [-0.39, 0.29) is 11.3 Å². The van der Waals surface area contributed by atoms with E-state index >= 15 is 0 Å². The Morgan fingerprint density at radius 2 is 1.53 bits per heavy atom. The number of ether oxygens (including phenoxy) is 4. The summed E-state index contributed by atoms with van der Waals surface area (Å²) < 4.78 is 35.0. The molecule has 4 rings (SSSR count). The first-order valence-corrected chi connectivity index (χ1v) is 10.8. The molecule has 0 bridgehead atoms. The van der Waals surface area contributed by atoms with Gasteiger partial charge in [-0.05, 0) is 42.5 Å². The highest BCUT2D eigenvalue weighted by Crippen LogP contribution is 2.41. The number of hydrogen-bond donors (Lipinski definition) is 1. The lowest BCUT2D eigenvalue weighted by atomic mass is 10.0.